The summed E-state index contributed by atoms with van der Waals surface area (Å²) in [6.45, 7) is 3.45. The summed E-state index contributed by atoms with van der Waals surface area (Å²) in [4.78, 5) is 22.6. The molecule has 7 nitrogen and oxygen atoms in total. The molecule has 1 amide bonds. The molecule has 0 atom stereocenters. The molecular formula is C25H31N5O2. The van der Waals surface area contributed by atoms with Crippen molar-refractivity contribution < 1.29 is 9.21 Å². The Kier molecular flexibility index (Phi) is 8.02. The summed E-state index contributed by atoms with van der Waals surface area (Å²) in [7, 11) is 5.26. The number of carbonyl (C=O) groups excluding carboxylic acids is 1. The van der Waals surface area contributed by atoms with Gasteiger partial charge in [-0.2, -0.15) is 0 Å². The molecular weight excluding hydrogens is 402 g/mol. The fraction of sp³-hybridized carbons (Fsp3) is 0.320. The second-order valence-corrected chi connectivity index (χ2v) is 7.84. The molecule has 0 saturated heterocycles. The molecule has 0 bridgehead atoms. The number of hydrogen-bond donors (Lipinski definition) is 2. The number of oxazole rings is 1. The second kappa shape index (κ2) is 11.1. The van der Waals surface area contributed by atoms with Gasteiger partial charge in [0.2, 0.25) is 5.89 Å². The fourth-order valence-corrected chi connectivity index (χ4v) is 3.22. The Morgan fingerprint density at radius 1 is 1.06 bits per heavy atom. The molecule has 1 heterocycles. The lowest BCUT2D eigenvalue weighted by Crippen LogP contribution is -2.39. The van der Waals surface area contributed by atoms with Gasteiger partial charge in [0.05, 0.1) is 5.69 Å². The van der Waals surface area contributed by atoms with Gasteiger partial charge in [0, 0.05) is 51.8 Å². The van der Waals surface area contributed by atoms with E-state index in [4.69, 9.17) is 4.42 Å². The summed E-state index contributed by atoms with van der Waals surface area (Å²) in [5, 5.41) is 6.61. The highest BCUT2D eigenvalue weighted by atomic mass is 16.3. The van der Waals surface area contributed by atoms with E-state index in [1.54, 1.807) is 32.3 Å². The molecule has 0 aliphatic rings. The standard InChI is InChI=1S/C25H31N5O2/c1-18-8-10-20(11-9-18)23-29-22(17-32-23)13-15-28-25(26-2)27-14-12-19-6-5-7-21(16-19)24(31)30(3)4/h5-11,16-17H,12-15H2,1-4H3,(H2,26,27,28). The lowest BCUT2D eigenvalue weighted by molar-refractivity contribution is 0.0827. The first-order valence-corrected chi connectivity index (χ1v) is 10.7. The van der Waals surface area contributed by atoms with Crippen LogP contribution < -0.4 is 10.6 Å². The van der Waals surface area contributed by atoms with E-state index in [1.807, 2.05) is 48.5 Å². The third-order valence-electron chi connectivity index (χ3n) is 5.03. The Labute approximate surface area is 189 Å². The largest absolute Gasteiger partial charge is 0.444 e. The third-order valence-corrected chi connectivity index (χ3v) is 5.03. The Bertz CT molecular complexity index is 1050. The lowest BCUT2D eigenvalue weighted by Gasteiger charge is -2.13. The van der Waals surface area contributed by atoms with Crippen LogP contribution in [-0.2, 0) is 12.8 Å². The van der Waals surface area contributed by atoms with Gasteiger partial charge in [-0.15, -0.1) is 0 Å². The Morgan fingerprint density at radius 3 is 2.47 bits per heavy atom. The van der Waals surface area contributed by atoms with Gasteiger partial charge in [-0.3, -0.25) is 9.79 Å². The molecule has 0 saturated carbocycles. The number of aromatic nitrogens is 1. The topological polar surface area (TPSA) is 82.8 Å². The van der Waals surface area contributed by atoms with Crippen molar-refractivity contribution in [2.24, 2.45) is 4.99 Å². The van der Waals surface area contributed by atoms with Crippen LogP contribution in [0.15, 0.2) is 64.2 Å². The van der Waals surface area contributed by atoms with Crippen molar-refractivity contribution in [1.29, 1.82) is 0 Å². The number of guanidine groups is 1. The van der Waals surface area contributed by atoms with E-state index < -0.39 is 0 Å². The molecule has 0 radical (unpaired) electrons. The van der Waals surface area contributed by atoms with E-state index in [9.17, 15) is 4.79 Å². The highest BCUT2D eigenvalue weighted by Gasteiger charge is 2.09. The maximum Gasteiger partial charge on any atom is 0.253 e. The molecule has 32 heavy (non-hydrogen) atoms. The zero-order chi connectivity index (χ0) is 22.9. The molecule has 0 aliphatic carbocycles. The third kappa shape index (κ3) is 6.44. The van der Waals surface area contributed by atoms with Crippen LogP contribution in [0.1, 0.15) is 27.2 Å². The normalized spacial score (nSPS) is 11.3. The highest BCUT2D eigenvalue weighted by molar-refractivity contribution is 5.94. The average molecular weight is 434 g/mol. The SMILES string of the molecule is CN=C(NCCc1cccc(C(=O)N(C)C)c1)NCCc1coc(-c2ccc(C)cc2)n1. The van der Waals surface area contributed by atoms with Gasteiger partial charge >= 0.3 is 0 Å². The van der Waals surface area contributed by atoms with Crippen molar-refractivity contribution in [3.8, 4) is 11.5 Å². The lowest BCUT2D eigenvalue weighted by atomic mass is 10.1. The Hall–Kier alpha value is -3.61. The number of nitrogens with one attached hydrogen (secondary N) is 2. The first-order chi connectivity index (χ1) is 15.5. The Morgan fingerprint density at radius 2 is 1.78 bits per heavy atom. The minimum Gasteiger partial charge on any atom is -0.444 e. The number of aryl methyl sites for hydroxylation is 1. The minimum absolute atomic E-state index is 0.00989. The van der Waals surface area contributed by atoms with E-state index in [1.165, 1.54) is 5.56 Å². The van der Waals surface area contributed by atoms with Crippen LogP contribution in [0.4, 0.5) is 0 Å². The molecule has 168 valence electrons. The van der Waals surface area contributed by atoms with E-state index in [0.29, 0.717) is 24.5 Å². The molecule has 0 aliphatic heterocycles. The molecule has 2 N–H and O–H groups in total. The van der Waals surface area contributed by atoms with Crippen molar-refractivity contribution in [3.05, 3.63) is 77.2 Å². The molecule has 3 rings (SSSR count). The number of aliphatic imine (C=N–C) groups is 1. The summed E-state index contributed by atoms with van der Waals surface area (Å²) in [5.74, 6) is 1.38. The van der Waals surface area contributed by atoms with Crippen molar-refractivity contribution in [1.82, 2.24) is 20.5 Å². The van der Waals surface area contributed by atoms with Crippen molar-refractivity contribution >= 4 is 11.9 Å². The number of hydrogen-bond acceptors (Lipinski definition) is 4. The first-order valence-electron chi connectivity index (χ1n) is 10.7. The maximum absolute atomic E-state index is 12.1. The van der Waals surface area contributed by atoms with Gasteiger partial charge in [0.25, 0.3) is 5.91 Å². The molecule has 1 aromatic heterocycles. The van der Waals surface area contributed by atoms with Crippen LogP contribution in [-0.4, -0.2) is 56.0 Å². The van der Waals surface area contributed by atoms with Crippen molar-refractivity contribution in [3.63, 3.8) is 0 Å². The van der Waals surface area contributed by atoms with Gasteiger partial charge in [-0.1, -0.05) is 29.8 Å². The monoisotopic (exact) mass is 433 g/mol. The van der Waals surface area contributed by atoms with Crippen LogP contribution >= 0.6 is 0 Å². The fourth-order valence-electron chi connectivity index (χ4n) is 3.22. The molecule has 0 unspecified atom stereocenters. The first kappa shape index (κ1) is 23.1. The van der Waals surface area contributed by atoms with Gasteiger partial charge in [0.15, 0.2) is 5.96 Å². The van der Waals surface area contributed by atoms with Crippen LogP contribution in [0.5, 0.6) is 0 Å². The van der Waals surface area contributed by atoms with Gasteiger partial charge < -0.3 is 20.0 Å². The van der Waals surface area contributed by atoms with Crippen LogP contribution in [0.25, 0.3) is 11.5 Å². The highest BCUT2D eigenvalue weighted by Crippen LogP contribution is 2.19. The number of carbonyl (C=O) groups is 1. The van der Waals surface area contributed by atoms with E-state index in [-0.39, 0.29) is 5.91 Å². The molecule has 2 aromatic carbocycles. The summed E-state index contributed by atoms with van der Waals surface area (Å²) in [5.41, 5.74) is 4.88. The zero-order valence-electron chi connectivity index (χ0n) is 19.2. The summed E-state index contributed by atoms with van der Waals surface area (Å²) in [6.07, 6.45) is 3.22. The zero-order valence-corrected chi connectivity index (χ0v) is 19.2. The summed E-state index contributed by atoms with van der Waals surface area (Å²) in [6, 6.07) is 15.9. The number of nitrogens with zero attached hydrogens (tertiary/aromatic N) is 3. The maximum atomic E-state index is 12.1. The quantitative estimate of drug-likeness (QED) is 0.421. The van der Waals surface area contributed by atoms with E-state index in [0.717, 1.165) is 35.6 Å². The van der Waals surface area contributed by atoms with Crippen LogP contribution in [0.3, 0.4) is 0 Å². The molecule has 0 spiro atoms. The van der Waals surface area contributed by atoms with Crippen molar-refractivity contribution in [2.45, 2.75) is 19.8 Å². The van der Waals surface area contributed by atoms with Crippen LogP contribution in [0, 0.1) is 6.92 Å². The van der Waals surface area contributed by atoms with Gasteiger partial charge in [0.1, 0.15) is 6.26 Å². The summed E-state index contributed by atoms with van der Waals surface area (Å²) < 4.78 is 5.62. The van der Waals surface area contributed by atoms with Gasteiger partial charge in [-0.25, -0.2) is 4.98 Å². The number of rotatable bonds is 8. The van der Waals surface area contributed by atoms with Crippen LogP contribution in [0.2, 0.25) is 0 Å². The minimum atomic E-state index is 0.00989. The molecule has 0 fully saturated rings. The smallest absolute Gasteiger partial charge is 0.253 e. The molecule has 7 heteroatoms. The number of benzene rings is 2. The predicted molar refractivity (Wildman–Crippen MR) is 128 cm³/mol. The van der Waals surface area contributed by atoms with Gasteiger partial charge in [-0.05, 0) is 43.2 Å². The summed E-state index contributed by atoms with van der Waals surface area (Å²) >= 11 is 0. The second-order valence-electron chi connectivity index (χ2n) is 7.84. The van der Waals surface area contributed by atoms with E-state index >= 15 is 0 Å². The number of amides is 1. The average Bonchev–Trinajstić information content (AvgIpc) is 3.27. The molecule has 3 aromatic rings. The predicted octanol–water partition coefficient (Wildman–Crippen LogP) is 3.30. The van der Waals surface area contributed by atoms with E-state index in [2.05, 4.69) is 27.5 Å². The van der Waals surface area contributed by atoms with Crippen molar-refractivity contribution in [2.75, 3.05) is 34.2 Å². The Balaban J connectivity index is 1.43.